The van der Waals surface area contributed by atoms with Crippen LogP contribution in [-0.2, 0) is 19.1 Å². The number of ketones is 1. The monoisotopic (exact) mass is 604 g/mol. The standard InChI is InChI=1S/C31H33FN6O6/c1-3-36(4-2)25(39)18-44-31(43)24-16-23(34-35-24)20-10-11-22(32)26-21(17-33-27(20)26)28(40)30(42)38-14-12-37(13-15-38)29(41)19-8-6-5-7-9-19/h5-11,16-17,23,33-35H,3-4,12-15,18H2,1-2H3. The Morgan fingerprint density at radius 3 is 2.32 bits per heavy atom. The quantitative estimate of drug-likeness (QED) is 0.191. The van der Waals surface area contributed by atoms with Gasteiger partial charge in [0.25, 0.3) is 23.5 Å². The number of aromatic amines is 1. The summed E-state index contributed by atoms with van der Waals surface area (Å²) < 4.78 is 20.3. The molecular formula is C31H33FN6O6. The Labute approximate surface area is 252 Å². The van der Waals surface area contributed by atoms with E-state index in [1.54, 1.807) is 34.1 Å². The molecule has 3 N–H and O–H groups in total. The van der Waals surface area contributed by atoms with Crippen LogP contribution in [0.3, 0.4) is 0 Å². The number of benzene rings is 2. The van der Waals surface area contributed by atoms with Gasteiger partial charge in [-0.2, -0.15) is 0 Å². The van der Waals surface area contributed by atoms with Crippen molar-refractivity contribution in [3.05, 3.63) is 82.9 Å². The third kappa shape index (κ3) is 6.04. The Morgan fingerprint density at radius 1 is 0.955 bits per heavy atom. The van der Waals surface area contributed by atoms with Crippen LogP contribution < -0.4 is 10.9 Å². The van der Waals surface area contributed by atoms with Crippen LogP contribution in [0.4, 0.5) is 4.39 Å². The number of ether oxygens (including phenoxy) is 1. The van der Waals surface area contributed by atoms with E-state index in [1.807, 2.05) is 19.9 Å². The topological polar surface area (TPSA) is 144 Å². The van der Waals surface area contributed by atoms with Crippen LogP contribution in [0.1, 0.15) is 46.2 Å². The first kappa shape index (κ1) is 30.4. The van der Waals surface area contributed by atoms with Gasteiger partial charge in [-0.25, -0.2) is 14.6 Å². The number of nitrogens with zero attached hydrogens (tertiary/aromatic N) is 3. The zero-order valence-corrected chi connectivity index (χ0v) is 24.4. The highest BCUT2D eigenvalue weighted by molar-refractivity contribution is 6.45. The van der Waals surface area contributed by atoms with Crippen molar-refractivity contribution in [3.63, 3.8) is 0 Å². The Morgan fingerprint density at radius 2 is 1.64 bits per heavy atom. The summed E-state index contributed by atoms with van der Waals surface area (Å²) >= 11 is 0. The highest BCUT2D eigenvalue weighted by Gasteiger charge is 2.32. The molecule has 0 radical (unpaired) electrons. The third-order valence-electron chi connectivity index (χ3n) is 7.82. The van der Waals surface area contributed by atoms with Crippen LogP contribution in [0.5, 0.6) is 0 Å². The van der Waals surface area contributed by atoms with Gasteiger partial charge >= 0.3 is 5.97 Å². The number of aromatic nitrogens is 1. The minimum Gasteiger partial charge on any atom is -0.451 e. The van der Waals surface area contributed by atoms with Crippen molar-refractivity contribution in [1.29, 1.82) is 0 Å². The maximum Gasteiger partial charge on any atom is 0.355 e. The second kappa shape index (κ2) is 13.1. The minimum absolute atomic E-state index is 0.0465. The van der Waals surface area contributed by atoms with Gasteiger partial charge in [-0.05, 0) is 43.7 Å². The van der Waals surface area contributed by atoms with Crippen LogP contribution in [0.25, 0.3) is 10.9 Å². The fourth-order valence-electron chi connectivity index (χ4n) is 5.37. The molecule has 5 rings (SSSR count). The van der Waals surface area contributed by atoms with Crippen LogP contribution in [0.2, 0.25) is 0 Å². The van der Waals surface area contributed by atoms with Gasteiger partial charge in [0.2, 0.25) is 0 Å². The number of piperazine rings is 1. The van der Waals surface area contributed by atoms with E-state index in [9.17, 15) is 24.0 Å². The summed E-state index contributed by atoms with van der Waals surface area (Å²) in [7, 11) is 0. The van der Waals surface area contributed by atoms with E-state index in [1.165, 1.54) is 29.3 Å². The molecule has 1 unspecified atom stereocenters. The normalized spacial score (nSPS) is 16.3. The van der Waals surface area contributed by atoms with E-state index < -0.39 is 36.1 Å². The van der Waals surface area contributed by atoms with Crippen LogP contribution in [-0.4, -0.2) is 95.0 Å². The number of carbonyl (C=O) groups excluding carboxylic acids is 5. The minimum atomic E-state index is -0.870. The summed E-state index contributed by atoms with van der Waals surface area (Å²) in [6.45, 7) is 5.11. The van der Waals surface area contributed by atoms with Crippen molar-refractivity contribution in [2.75, 3.05) is 45.9 Å². The number of esters is 1. The molecule has 13 heteroatoms. The molecule has 0 bridgehead atoms. The smallest absolute Gasteiger partial charge is 0.355 e. The summed E-state index contributed by atoms with van der Waals surface area (Å²) in [6, 6.07) is 10.9. The number of amides is 3. The van der Waals surface area contributed by atoms with E-state index in [4.69, 9.17) is 4.74 Å². The van der Waals surface area contributed by atoms with E-state index in [0.717, 1.165) is 0 Å². The molecule has 0 spiro atoms. The number of hydrogen-bond acceptors (Lipinski definition) is 8. The lowest BCUT2D eigenvalue weighted by Crippen LogP contribution is -2.52. The van der Waals surface area contributed by atoms with Gasteiger partial charge in [0, 0.05) is 56.4 Å². The molecule has 1 aromatic heterocycles. The number of H-pyrrole nitrogens is 1. The second-order valence-corrected chi connectivity index (χ2v) is 10.3. The number of fused-ring (bicyclic) bond motifs is 1. The Balaban J connectivity index is 1.27. The first-order valence-corrected chi connectivity index (χ1v) is 14.4. The second-order valence-electron chi connectivity index (χ2n) is 10.3. The van der Waals surface area contributed by atoms with Gasteiger partial charge in [-0.1, -0.05) is 24.3 Å². The molecule has 1 atom stereocenters. The van der Waals surface area contributed by atoms with Gasteiger partial charge < -0.3 is 29.8 Å². The molecule has 1 fully saturated rings. The number of likely N-dealkylation sites (N-methyl/N-ethyl adjacent to an activating group) is 1. The number of Topliss-reactive ketones (excluding diaryl/α,β-unsaturated/α-hetero) is 1. The van der Waals surface area contributed by atoms with Crippen molar-refractivity contribution in [2.24, 2.45) is 0 Å². The first-order chi connectivity index (χ1) is 21.2. The van der Waals surface area contributed by atoms with Crippen LogP contribution >= 0.6 is 0 Å². The van der Waals surface area contributed by atoms with Crippen LogP contribution in [0.15, 0.2) is 60.4 Å². The fraction of sp³-hybridized carbons (Fsp3) is 0.323. The molecule has 3 aromatic rings. The van der Waals surface area contributed by atoms with Gasteiger partial charge in [0.1, 0.15) is 11.5 Å². The van der Waals surface area contributed by atoms with E-state index in [-0.39, 0.29) is 60.2 Å². The van der Waals surface area contributed by atoms with Gasteiger partial charge in [0.05, 0.1) is 17.1 Å². The van der Waals surface area contributed by atoms with Crippen molar-refractivity contribution in [2.45, 2.75) is 19.9 Å². The van der Waals surface area contributed by atoms with Gasteiger partial charge in [-0.3, -0.25) is 19.2 Å². The number of rotatable bonds is 9. The lowest BCUT2D eigenvalue weighted by molar-refractivity contribution is -0.149. The molecule has 2 aliphatic heterocycles. The molecule has 2 aliphatic rings. The largest absolute Gasteiger partial charge is 0.451 e. The van der Waals surface area contributed by atoms with Crippen molar-refractivity contribution < 1.29 is 33.1 Å². The molecule has 3 amide bonds. The van der Waals surface area contributed by atoms with E-state index >= 15 is 4.39 Å². The molecule has 3 heterocycles. The van der Waals surface area contributed by atoms with Crippen molar-refractivity contribution >= 4 is 40.4 Å². The summed E-state index contributed by atoms with van der Waals surface area (Å²) in [5, 5.41) is -0.0465. The average Bonchev–Trinajstić information content (AvgIpc) is 3.73. The molecular weight excluding hydrogens is 571 g/mol. The zero-order valence-electron chi connectivity index (χ0n) is 24.4. The number of halogens is 1. The predicted octanol–water partition coefficient (Wildman–Crippen LogP) is 1.92. The van der Waals surface area contributed by atoms with E-state index in [2.05, 4.69) is 15.8 Å². The van der Waals surface area contributed by atoms with E-state index in [0.29, 0.717) is 24.2 Å². The zero-order chi connectivity index (χ0) is 31.4. The highest BCUT2D eigenvalue weighted by atomic mass is 19.1. The van der Waals surface area contributed by atoms with Gasteiger partial charge in [-0.15, -0.1) is 0 Å². The molecule has 2 aromatic carbocycles. The molecule has 0 aliphatic carbocycles. The number of nitrogens with one attached hydrogen (secondary N) is 3. The Kier molecular flexibility index (Phi) is 9.04. The van der Waals surface area contributed by atoms with Gasteiger partial charge in [0.15, 0.2) is 6.61 Å². The number of carbonyl (C=O) groups is 5. The maximum atomic E-state index is 15.1. The Hall–Kier alpha value is -5.04. The van der Waals surface area contributed by atoms with Crippen LogP contribution in [0, 0.1) is 5.82 Å². The third-order valence-corrected chi connectivity index (χ3v) is 7.82. The molecule has 230 valence electrons. The summed E-state index contributed by atoms with van der Waals surface area (Å²) in [5.41, 5.74) is 6.93. The average molecular weight is 605 g/mol. The maximum absolute atomic E-state index is 15.1. The molecule has 12 nitrogen and oxygen atoms in total. The number of hydrogen-bond donors (Lipinski definition) is 3. The predicted molar refractivity (Wildman–Crippen MR) is 157 cm³/mol. The molecule has 1 saturated heterocycles. The number of hydrazine groups is 1. The Bertz CT molecular complexity index is 1630. The summed E-state index contributed by atoms with van der Waals surface area (Å²) in [5.74, 6) is -3.55. The molecule has 0 saturated carbocycles. The first-order valence-electron chi connectivity index (χ1n) is 14.4. The summed E-state index contributed by atoms with van der Waals surface area (Å²) in [6.07, 6.45) is 2.83. The molecule has 44 heavy (non-hydrogen) atoms. The fourth-order valence-corrected chi connectivity index (χ4v) is 5.37. The van der Waals surface area contributed by atoms with Crippen molar-refractivity contribution in [3.8, 4) is 0 Å². The van der Waals surface area contributed by atoms with Crippen molar-refractivity contribution in [1.82, 2.24) is 30.5 Å². The SMILES string of the molecule is CCN(CC)C(=O)COC(=O)C1=CC(c2ccc(F)c3c(C(=O)C(=O)N4CCN(C(=O)c5ccccc5)CC4)c[nH]c23)NN1. The summed E-state index contributed by atoms with van der Waals surface area (Å²) in [4.78, 5) is 71.4. The lowest BCUT2D eigenvalue weighted by atomic mass is 10.0. The highest BCUT2D eigenvalue weighted by Crippen LogP contribution is 2.31. The lowest BCUT2D eigenvalue weighted by Gasteiger charge is -2.34.